The summed E-state index contributed by atoms with van der Waals surface area (Å²) in [7, 11) is -0.969. The molecule has 86 valence electrons. The molecule has 1 aliphatic carbocycles. The zero-order valence-corrected chi connectivity index (χ0v) is 11.9. The second-order valence-electron chi connectivity index (χ2n) is 6.19. The largest absolute Gasteiger partial charge is 0.0995 e. The Balaban J connectivity index is 2.73. The van der Waals surface area contributed by atoms with Crippen LogP contribution in [0.1, 0.15) is 32.6 Å². The maximum absolute atomic E-state index is 4.20. The summed E-state index contributed by atoms with van der Waals surface area (Å²) in [5.74, 6) is 0.692. The van der Waals surface area contributed by atoms with Crippen molar-refractivity contribution in [3.8, 4) is 0 Å². The van der Waals surface area contributed by atoms with E-state index in [0.29, 0.717) is 5.92 Å². The van der Waals surface area contributed by atoms with Gasteiger partial charge in [-0.2, -0.15) is 0 Å². The maximum atomic E-state index is 4.20. The molecule has 0 heterocycles. The quantitative estimate of drug-likeness (QED) is 0.463. The van der Waals surface area contributed by atoms with Gasteiger partial charge >= 0.3 is 0 Å². The van der Waals surface area contributed by atoms with Crippen molar-refractivity contribution in [2.24, 2.45) is 5.92 Å². The SMILES string of the molecule is C=C(C)C(C[Si](C)(C)C)C1=CCCCC1. The van der Waals surface area contributed by atoms with E-state index in [1.54, 1.807) is 5.57 Å². The highest BCUT2D eigenvalue weighted by atomic mass is 28.3. The Morgan fingerprint density at radius 2 is 2.07 bits per heavy atom. The molecule has 0 spiro atoms. The van der Waals surface area contributed by atoms with Gasteiger partial charge in [0.25, 0.3) is 0 Å². The smallest absolute Gasteiger partial charge is 0.0451 e. The third-order valence-corrected chi connectivity index (χ3v) is 4.82. The van der Waals surface area contributed by atoms with Crippen molar-refractivity contribution in [2.45, 2.75) is 58.3 Å². The van der Waals surface area contributed by atoms with E-state index in [2.05, 4.69) is 39.2 Å². The lowest BCUT2D eigenvalue weighted by Crippen LogP contribution is -2.25. The van der Waals surface area contributed by atoms with Crippen LogP contribution in [-0.4, -0.2) is 8.07 Å². The predicted molar refractivity (Wildman–Crippen MR) is 73.0 cm³/mol. The number of allylic oxidation sites excluding steroid dienone is 3. The average molecular weight is 222 g/mol. The Morgan fingerprint density at radius 3 is 2.47 bits per heavy atom. The molecule has 0 aromatic heterocycles. The standard InChI is InChI=1S/C14H26Si/c1-12(2)14(11-15(3,4)5)13-9-7-6-8-10-13/h9,14H,1,6-8,10-11H2,2-5H3. The first-order chi connectivity index (χ1) is 6.90. The molecule has 15 heavy (non-hydrogen) atoms. The topological polar surface area (TPSA) is 0 Å². The molecule has 0 nitrogen and oxygen atoms in total. The number of hydrogen-bond acceptors (Lipinski definition) is 0. The summed E-state index contributed by atoms with van der Waals surface area (Å²) in [5.41, 5.74) is 3.07. The predicted octanol–water partition coefficient (Wildman–Crippen LogP) is 5.02. The minimum absolute atomic E-state index is 0.692. The summed E-state index contributed by atoms with van der Waals surface area (Å²) in [6.07, 6.45) is 7.89. The van der Waals surface area contributed by atoms with Gasteiger partial charge in [0.15, 0.2) is 0 Å². The van der Waals surface area contributed by atoms with Crippen molar-refractivity contribution in [1.29, 1.82) is 0 Å². The lowest BCUT2D eigenvalue weighted by Gasteiger charge is -2.29. The molecular weight excluding hydrogens is 196 g/mol. The Bertz CT molecular complexity index is 255. The van der Waals surface area contributed by atoms with Crippen LogP contribution >= 0.6 is 0 Å². The fraction of sp³-hybridized carbons (Fsp3) is 0.714. The van der Waals surface area contributed by atoms with Gasteiger partial charge in [-0.05, 0) is 44.6 Å². The van der Waals surface area contributed by atoms with Crippen LogP contribution in [0.15, 0.2) is 23.8 Å². The molecule has 1 aliphatic rings. The van der Waals surface area contributed by atoms with Gasteiger partial charge in [0.1, 0.15) is 0 Å². The molecule has 0 radical (unpaired) electrons. The summed E-state index contributed by atoms with van der Waals surface area (Å²) in [6.45, 7) is 13.8. The van der Waals surface area contributed by atoms with Crippen molar-refractivity contribution in [2.75, 3.05) is 0 Å². The normalized spacial score (nSPS) is 19.6. The summed E-state index contributed by atoms with van der Waals surface area (Å²) >= 11 is 0. The molecule has 0 saturated carbocycles. The van der Waals surface area contributed by atoms with Gasteiger partial charge in [-0.1, -0.05) is 43.4 Å². The molecule has 1 heteroatoms. The van der Waals surface area contributed by atoms with Crippen molar-refractivity contribution in [1.82, 2.24) is 0 Å². The first kappa shape index (κ1) is 12.8. The zero-order valence-electron chi connectivity index (χ0n) is 10.9. The molecule has 0 N–H and O–H groups in total. The second kappa shape index (κ2) is 5.15. The second-order valence-corrected chi connectivity index (χ2v) is 11.7. The van der Waals surface area contributed by atoms with Crippen LogP contribution in [0.5, 0.6) is 0 Å². The molecule has 1 rings (SSSR count). The first-order valence-electron chi connectivity index (χ1n) is 6.24. The van der Waals surface area contributed by atoms with Crippen LogP contribution in [0.4, 0.5) is 0 Å². The van der Waals surface area contributed by atoms with Gasteiger partial charge < -0.3 is 0 Å². The highest BCUT2D eigenvalue weighted by Gasteiger charge is 2.24. The van der Waals surface area contributed by atoms with Gasteiger partial charge in [0.2, 0.25) is 0 Å². The van der Waals surface area contributed by atoms with Crippen LogP contribution < -0.4 is 0 Å². The fourth-order valence-corrected chi connectivity index (χ4v) is 4.25. The van der Waals surface area contributed by atoms with Gasteiger partial charge in [0.05, 0.1) is 0 Å². The van der Waals surface area contributed by atoms with Crippen LogP contribution in [-0.2, 0) is 0 Å². The van der Waals surface area contributed by atoms with Crippen LogP contribution in [0.2, 0.25) is 25.7 Å². The van der Waals surface area contributed by atoms with E-state index in [0.717, 1.165) is 0 Å². The zero-order chi connectivity index (χ0) is 11.5. The van der Waals surface area contributed by atoms with Gasteiger partial charge in [-0.3, -0.25) is 0 Å². The minimum Gasteiger partial charge on any atom is -0.0995 e. The number of rotatable bonds is 4. The molecule has 0 saturated heterocycles. The molecule has 1 unspecified atom stereocenters. The van der Waals surface area contributed by atoms with Crippen LogP contribution in [0.3, 0.4) is 0 Å². The molecule has 0 aromatic rings. The molecule has 0 fully saturated rings. The maximum Gasteiger partial charge on any atom is 0.0451 e. The van der Waals surface area contributed by atoms with Gasteiger partial charge in [-0.25, -0.2) is 0 Å². The molecule has 0 aromatic carbocycles. The summed E-state index contributed by atoms with van der Waals surface area (Å²) in [5, 5.41) is 0. The van der Waals surface area contributed by atoms with E-state index < -0.39 is 8.07 Å². The Morgan fingerprint density at radius 1 is 1.40 bits per heavy atom. The van der Waals surface area contributed by atoms with E-state index in [-0.39, 0.29) is 0 Å². The highest BCUT2D eigenvalue weighted by Crippen LogP contribution is 2.34. The lowest BCUT2D eigenvalue weighted by atomic mass is 9.86. The minimum atomic E-state index is -0.969. The first-order valence-corrected chi connectivity index (χ1v) is 9.95. The van der Waals surface area contributed by atoms with Crippen molar-refractivity contribution < 1.29 is 0 Å². The van der Waals surface area contributed by atoms with Crippen molar-refractivity contribution >= 4 is 8.07 Å². The van der Waals surface area contributed by atoms with Crippen molar-refractivity contribution in [3.05, 3.63) is 23.8 Å². The molecule has 0 aliphatic heterocycles. The summed E-state index contributed by atoms with van der Waals surface area (Å²) in [6, 6.07) is 1.38. The third-order valence-electron chi connectivity index (χ3n) is 3.19. The molecule has 0 amide bonds. The van der Waals surface area contributed by atoms with Gasteiger partial charge in [-0.15, -0.1) is 0 Å². The molecule has 1 atom stereocenters. The molecule has 0 bridgehead atoms. The summed E-state index contributed by atoms with van der Waals surface area (Å²) < 4.78 is 0. The Kier molecular flexibility index (Phi) is 4.39. The van der Waals surface area contributed by atoms with E-state index in [1.807, 2.05) is 0 Å². The van der Waals surface area contributed by atoms with E-state index in [4.69, 9.17) is 0 Å². The lowest BCUT2D eigenvalue weighted by molar-refractivity contribution is 0.629. The number of hydrogen-bond donors (Lipinski definition) is 0. The Labute approximate surface area is 96.5 Å². The van der Waals surface area contributed by atoms with E-state index in [9.17, 15) is 0 Å². The summed E-state index contributed by atoms with van der Waals surface area (Å²) in [4.78, 5) is 0. The third kappa shape index (κ3) is 4.37. The fourth-order valence-electron chi connectivity index (χ4n) is 2.41. The highest BCUT2D eigenvalue weighted by molar-refractivity contribution is 6.76. The average Bonchev–Trinajstić information content (AvgIpc) is 2.14. The van der Waals surface area contributed by atoms with E-state index in [1.165, 1.54) is 37.3 Å². The Hall–Kier alpha value is -0.303. The van der Waals surface area contributed by atoms with Crippen LogP contribution in [0, 0.1) is 5.92 Å². The van der Waals surface area contributed by atoms with Gasteiger partial charge in [0, 0.05) is 8.07 Å². The van der Waals surface area contributed by atoms with Crippen molar-refractivity contribution in [3.63, 3.8) is 0 Å². The van der Waals surface area contributed by atoms with Crippen LogP contribution in [0.25, 0.3) is 0 Å². The monoisotopic (exact) mass is 222 g/mol. The molecular formula is C14H26Si. The van der Waals surface area contributed by atoms with E-state index >= 15 is 0 Å².